The van der Waals surface area contributed by atoms with E-state index in [0.29, 0.717) is 17.3 Å². The number of halogens is 3. The van der Waals surface area contributed by atoms with Gasteiger partial charge in [-0.3, -0.25) is 14.6 Å². The van der Waals surface area contributed by atoms with Gasteiger partial charge in [-0.05, 0) is 35.4 Å². The predicted molar refractivity (Wildman–Crippen MR) is 131 cm³/mol. The van der Waals surface area contributed by atoms with Crippen LogP contribution < -0.4 is 10.6 Å². The number of amides is 1. The first-order valence-corrected chi connectivity index (χ1v) is 11.9. The molecule has 5 N–H and O–H groups in total. The number of aromatic carboxylic acids is 1. The van der Waals surface area contributed by atoms with E-state index < -0.39 is 53.9 Å². The monoisotopic (exact) mass is 558 g/mol. The molecule has 1 aliphatic carbocycles. The molecule has 0 saturated carbocycles. The first-order chi connectivity index (χ1) is 18.9. The average molecular weight is 558 g/mol. The van der Waals surface area contributed by atoms with Crippen molar-refractivity contribution in [2.75, 3.05) is 18.5 Å². The minimum Gasteiger partial charge on any atom is -0.478 e. The third-order valence-corrected chi connectivity index (χ3v) is 6.68. The Balaban J connectivity index is 1.21. The molecular formula is C26H21F3N4O7. The van der Waals surface area contributed by atoms with Gasteiger partial charge in [0.1, 0.15) is 24.1 Å². The van der Waals surface area contributed by atoms with Gasteiger partial charge >= 0.3 is 12.1 Å². The van der Waals surface area contributed by atoms with Gasteiger partial charge in [-0.25, -0.2) is 9.78 Å². The SMILES string of the molecule is O=C(O)c1ccc2c(c1)C(=O)c1cc(C(=O)NC[C@H]3OC[C@H](Nc4cncc(C(F)(F)F)n4)[C@@H](O)[C@H]3O)ccc1-2. The second kappa shape index (κ2) is 10.3. The van der Waals surface area contributed by atoms with Crippen LogP contribution in [0.4, 0.5) is 19.0 Å². The summed E-state index contributed by atoms with van der Waals surface area (Å²) in [6, 6.07) is 7.66. The summed E-state index contributed by atoms with van der Waals surface area (Å²) in [6.07, 6.45) is -7.15. The molecule has 0 spiro atoms. The van der Waals surface area contributed by atoms with Crippen molar-refractivity contribution < 1.29 is 47.6 Å². The Kier molecular flexibility index (Phi) is 6.99. The van der Waals surface area contributed by atoms with Gasteiger partial charge in [0.2, 0.25) is 0 Å². The molecule has 2 aromatic carbocycles. The summed E-state index contributed by atoms with van der Waals surface area (Å²) >= 11 is 0. The molecule has 1 fully saturated rings. The fraction of sp³-hybridized carbons (Fsp3) is 0.269. The maximum atomic E-state index is 12.9. The second-order valence-electron chi connectivity index (χ2n) is 9.26. The quantitative estimate of drug-likeness (QED) is 0.235. The predicted octanol–water partition coefficient (Wildman–Crippen LogP) is 1.74. The molecule has 5 rings (SSSR count). The van der Waals surface area contributed by atoms with E-state index in [1.807, 2.05) is 0 Å². The Labute approximate surface area is 223 Å². The Morgan fingerprint density at radius 2 is 1.62 bits per heavy atom. The fourth-order valence-corrected chi connectivity index (χ4v) is 4.60. The highest BCUT2D eigenvalue weighted by Gasteiger charge is 2.39. The summed E-state index contributed by atoms with van der Waals surface area (Å²) in [4.78, 5) is 43.8. The number of ether oxygens (including phenoxy) is 1. The highest BCUT2D eigenvalue weighted by Crippen LogP contribution is 2.37. The number of nitrogens with one attached hydrogen (secondary N) is 2. The molecule has 3 aromatic rings. The Morgan fingerprint density at radius 1 is 0.975 bits per heavy atom. The molecule has 208 valence electrons. The van der Waals surface area contributed by atoms with Crippen molar-refractivity contribution >= 4 is 23.5 Å². The lowest BCUT2D eigenvalue weighted by molar-refractivity contribution is -0.141. The minimum atomic E-state index is -4.71. The number of carbonyl (C=O) groups excluding carboxylic acids is 2. The van der Waals surface area contributed by atoms with Crippen LogP contribution in [0.1, 0.15) is 42.3 Å². The number of aliphatic hydroxyl groups excluding tert-OH is 2. The van der Waals surface area contributed by atoms with Crippen molar-refractivity contribution in [3.05, 3.63) is 76.7 Å². The number of hydrogen-bond donors (Lipinski definition) is 5. The van der Waals surface area contributed by atoms with E-state index >= 15 is 0 Å². The standard InChI is InChI=1S/C26H21F3N4O7/c27-26(28,29)19-8-30-9-20(33-19)32-17-10-40-18(23(36)22(17)35)7-31-24(37)11-1-3-13-14-4-2-12(25(38)39)6-16(14)21(34)15(13)5-11/h1-6,8-9,17-18,22-23,35-36H,7,10H2,(H,31,37)(H,32,33)(H,38,39)/t17-,18+,22+,23-/m0/s1. The first kappa shape index (κ1) is 27.2. The van der Waals surface area contributed by atoms with Crippen molar-refractivity contribution in [3.8, 4) is 11.1 Å². The van der Waals surface area contributed by atoms with E-state index in [-0.39, 0.29) is 41.2 Å². The summed E-state index contributed by atoms with van der Waals surface area (Å²) < 4.78 is 44.2. The number of alkyl halides is 3. The van der Waals surface area contributed by atoms with Gasteiger partial charge in [-0.1, -0.05) is 12.1 Å². The maximum Gasteiger partial charge on any atom is 0.434 e. The molecule has 1 saturated heterocycles. The van der Waals surface area contributed by atoms with Crippen LogP contribution in [0.15, 0.2) is 48.8 Å². The molecule has 1 aromatic heterocycles. The molecule has 40 heavy (non-hydrogen) atoms. The van der Waals surface area contributed by atoms with E-state index in [1.165, 1.54) is 30.3 Å². The van der Waals surface area contributed by atoms with E-state index in [4.69, 9.17) is 4.74 Å². The topological polar surface area (TPSA) is 171 Å². The zero-order valence-electron chi connectivity index (χ0n) is 20.3. The van der Waals surface area contributed by atoms with Crippen LogP contribution in [0.25, 0.3) is 11.1 Å². The lowest BCUT2D eigenvalue weighted by atomic mass is 9.97. The lowest BCUT2D eigenvalue weighted by Gasteiger charge is -2.38. The Morgan fingerprint density at radius 3 is 2.27 bits per heavy atom. The smallest absolute Gasteiger partial charge is 0.434 e. The number of hydrogen-bond acceptors (Lipinski definition) is 9. The molecule has 11 nitrogen and oxygen atoms in total. The number of ketones is 1. The number of aromatic nitrogens is 2. The van der Waals surface area contributed by atoms with E-state index in [1.54, 1.807) is 6.07 Å². The zero-order chi connectivity index (χ0) is 28.8. The number of fused-ring (bicyclic) bond motifs is 3. The third-order valence-electron chi connectivity index (χ3n) is 6.68. The van der Waals surface area contributed by atoms with E-state index in [2.05, 4.69) is 20.6 Å². The molecule has 4 atom stereocenters. The molecule has 2 heterocycles. The molecular weight excluding hydrogens is 537 g/mol. The number of rotatable bonds is 6. The van der Waals surface area contributed by atoms with Crippen molar-refractivity contribution in [2.24, 2.45) is 0 Å². The van der Waals surface area contributed by atoms with Gasteiger partial charge in [-0.15, -0.1) is 0 Å². The third kappa shape index (κ3) is 5.11. The van der Waals surface area contributed by atoms with Crippen LogP contribution in [-0.2, 0) is 10.9 Å². The van der Waals surface area contributed by atoms with Crippen LogP contribution in [0.5, 0.6) is 0 Å². The van der Waals surface area contributed by atoms with Crippen LogP contribution in [0.3, 0.4) is 0 Å². The summed E-state index contributed by atoms with van der Waals surface area (Å²) in [7, 11) is 0. The van der Waals surface area contributed by atoms with Gasteiger partial charge in [0.05, 0.1) is 30.6 Å². The number of anilines is 1. The molecule has 0 radical (unpaired) electrons. The number of nitrogens with zero attached hydrogens (tertiary/aromatic N) is 2. The molecule has 14 heteroatoms. The molecule has 2 aliphatic rings. The largest absolute Gasteiger partial charge is 0.478 e. The normalized spacial score (nSPS) is 21.9. The van der Waals surface area contributed by atoms with Gasteiger partial charge in [-0.2, -0.15) is 13.2 Å². The molecule has 0 unspecified atom stereocenters. The number of benzene rings is 2. The van der Waals surface area contributed by atoms with Crippen molar-refractivity contribution in [3.63, 3.8) is 0 Å². The van der Waals surface area contributed by atoms with Crippen LogP contribution in [0, 0.1) is 0 Å². The van der Waals surface area contributed by atoms with Gasteiger partial charge in [0, 0.05) is 23.2 Å². The number of carboxylic acids is 1. The minimum absolute atomic E-state index is 0.0358. The fourth-order valence-electron chi connectivity index (χ4n) is 4.60. The van der Waals surface area contributed by atoms with Gasteiger partial charge in [0.15, 0.2) is 11.5 Å². The highest BCUT2D eigenvalue weighted by molar-refractivity contribution is 6.23. The molecule has 1 aliphatic heterocycles. The summed E-state index contributed by atoms with van der Waals surface area (Å²) in [6.45, 7) is -0.443. The Hall–Kier alpha value is -4.40. The number of carbonyl (C=O) groups is 3. The van der Waals surface area contributed by atoms with E-state index in [9.17, 15) is 42.9 Å². The van der Waals surface area contributed by atoms with Crippen LogP contribution >= 0.6 is 0 Å². The van der Waals surface area contributed by atoms with E-state index in [0.717, 1.165) is 6.20 Å². The highest BCUT2D eigenvalue weighted by atomic mass is 19.4. The molecule has 1 amide bonds. The van der Waals surface area contributed by atoms with Crippen molar-refractivity contribution in [1.29, 1.82) is 0 Å². The lowest BCUT2D eigenvalue weighted by Crippen LogP contribution is -2.58. The van der Waals surface area contributed by atoms with Gasteiger partial charge < -0.3 is 30.7 Å². The van der Waals surface area contributed by atoms with Gasteiger partial charge in [0.25, 0.3) is 5.91 Å². The first-order valence-electron chi connectivity index (χ1n) is 11.9. The average Bonchev–Trinajstić information content (AvgIpc) is 3.21. The van der Waals surface area contributed by atoms with Crippen molar-refractivity contribution in [1.82, 2.24) is 15.3 Å². The summed E-state index contributed by atoms with van der Waals surface area (Å²) in [5, 5.41) is 35.4. The number of aliphatic hydroxyl groups is 2. The second-order valence-corrected chi connectivity index (χ2v) is 9.26. The summed E-state index contributed by atoms with van der Waals surface area (Å²) in [5.41, 5.74) is 0.446. The Bertz CT molecular complexity index is 1510. The van der Waals surface area contributed by atoms with Crippen LogP contribution in [-0.4, -0.2) is 80.5 Å². The maximum absolute atomic E-state index is 12.9. The zero-order valence-corrected chi connectivity index (χ0v) is 20.3. The molecule has 0 bridgehead atoms. The van der Waals surface area contributed by atoms with Crippen LogP contribution in [0.2, 0.25) is 0 Å². The van der Waals surface area contributed by atoms with Crippen molar-refractivity contribution in [2.45, 2.75) is 30.5 Å². The summed E-state index contributed by atoms with van der Waals surface area (Å²) in [5.74, 6) is -2.45. The number of carboxylic acid groups (broad SMARTS) is 1.